The van der Waals surface area contributed by atoms with E-state index in [-0.39, 0.29) is 18.0 Å². The third-order valence-corrected chi connectivity index (χ3v) is 3.27. The third kappa shape index (κ3) is 5.36. The molecule has 0 radical (unpaired) electrons. The third-order valence-electron chi connectivity index (χ3n) is 3.27. The maximum atomic E-state index is 12.1. The van der Waals surface area contributed by atoms with Gasteiger partial charge in [0.1, 0.15) is 11.9 Å². The van der Waals surface area contributed by atoms with Crippen LogP contribution in [-0.4, -0.2) is 41.0 Å². The van der Waals surface area contributed by atoms with Gasteiger partial charge < -0.3 is 24.5 Å². The summed E-state index contributed by atoms with van der Waals surface area (Å²) in [5.74, 6) is -0.980. The van der Waals surface area contributed by atoms with E-state index in [4.69, 9.17) is 4.74 Å². The van der Waals surface area contributed by atoms with Gasteiger partial charge in [-0.25, -0.2) is 0 Å². The highest BCUT2D eigenvalue weighted by Gasteiger charge is 2.18. The molecule has 0 atom stereocenters. The molecule has 0 bridgehead atoms. The van der Waals surface area contributed by atoms with Gasteiger partial charge in [-0.2, -0.15) is 8.78 Å². The monoisotopic (exact) mass is 367 g/mol. The molecular formula is C16H15F2N3O5. The lowest BCUT2D eigenvalue weighted by Gasteiger charge is -2.17. The number of pyridine rings is 1. The Labute approximate surface area is 147 Å². The molecule has 2 aromatic rings. The molecule has 0 saturated heterocycles. The van der Waals surface area contributed by atoms with Gasteiger partial charge >= 0.3 is 12.4 Å². The number of carbonyl (C=O) groups excluding carboxylic acids is 1. The molecule has 138 valence electrons. The van der Waals surface area contributed by atoms with Crippen molar-refractivity contribution in [2.75, 3.05) is 13.7 Å². The van der Waals surface area contributed by atoms with Gasteiger partial charge in [0.15, 0.2) is 6.61 Å². The fraction of sp³-hybridized carbons (Fsp3) is 0.250. The van der Waals surface area contributed by atoms with E-state index in [0.717, 1.165) is 0 Å². The Kier molecular flexibility index (Phi) is 6.36. The fourth-order valence-corrected chi connectivity index (χ4v) is 2.02. The van der Waals surface area contributed by atoms with Crippen LogP contribution in [0.1, 0.15) is 5.56 Å². The summed E-state index contributed by atoms with van der Waals surface area (Å²) < 4.78 is 33.6. The molecule has 1 aromatic heterocycles. The van der Waals surface area contributed by atoms with E-state index in [9.17, 15) is 23.7 Å². The highest BCUT2D eigenvalue weighted by molar-refractivity contribution is 5.77. The number of hydrogen-bond donors (Lipinski definition) is 0. The summed E-state index contributed by atoms with van der Waals surface area (Å²) in [7, 11) is 1.52. The van der Waals surface area contributed by atoms with Crippen LogP contribution >= 0.6 is 0 Å². The van der Waals surface area contributed by atoms with Crippen molar-refractivity contribution < 1.29 is 28.0 Å². The van der Waals surface area contributed by atoms with E-state index < -0.39 is 29.9 Å². The van der Waals surface area contributed by atoms with Crippen molar-refractivity contribution in [1.29, 1.82) is 0 Å². The number of hydrogen-bond acceptors (Lipinski definition) is 6. The van der Waals surface area contributed by atoms with Gasteiger partial charge in [-0.15, -0.1) is 0 Å². The van der Waals surface area contributed by atoms with Crippen LogP contribution in [0.3, 0.4) is 0 Å². The van der Waals surface area contributed by atoms with Gasteiger partial charge in [0.05, 0.1) is 0 Å². The predicted molar refractivity (Wildman–Crippen MR) is 85.9 cm³/mol. The number of benzene rings is 1. The number of likely N-dealkylation sites (N-methyl/N-ethyl adjacent to an activating group) is 1. The average molecular weight is 367 g/mol. The molecule has 0 fully saturated rings. The van der Waals surface area contributed by atoms with Crippen LogP contribution in [0, 0.1) is 10.1 Å². The number of nitro groups is 1. The predicted octanol–water partition coefficient (Wildman–Crippen LogP) is 2.63. The van der Waals surface area contributed by atoms with Gasteiger partial charge in [0.25, 0.3) is 5.91 Å². The van der Waals surface area contributed by atoms with Crippen molar-refractivity contribution in [2.24, 2.45) is 0 Å². The lowest BCUT2D eigenvalue weighted by Crippen LogP contribution is -2.31. The van der Waals surface area contributed by atoms with Gasteiger partial charge in [0, 0.05) is 13.6 Å². The molecule has 8 nitrogen and oxygen atoms in total. The summed E-state index contributed by atoms with van der Waals surface area (Å²) in [4.78, 5) is 27.2. The summed E-state index contributed by atoms with van der Waals surface area (Å²) >= 11 is 0. The Balaban J connectivity index is 1.91. The number of rotatable bonds is 8. The second kappa shape index (κ2) is 8.70. The number of nitrogens with zero attached hydrogens (tertiary/aromatic N) is 3. The second-order valence-electron chi connectivity index (χ2n) is 5.14. The smallest absolute Gasteiger partial charge is 0.406 e. The van der Waals surface area contributed by atoms with E-state index in [2.05, 4.69) is 9.72 Å². The Morgan fingerprint density at radius 2 is 2.00 bits per heavy atom. The highest BCUT2D eigenvalue weighted by atomic mass is 19.3. The zero-order chi connectivity index (χ0) is 19.1. The molecular weight excluding hydrogens is 352 g/mol. The van der Waals surface area contributed by atoms with Crippen molar-refractivity contribution in [3.05, 3.63) is 58.3 Å². The van der Waals surface area contributed by atoms with Crippen LogP contribution in [0.2, 0.25) is 0 Å². The molecule has 0 aliphatic heterocycles. The zero-order valence-electron chi connectivity index (χ0n) is 13.7. The molecule has 10 heteroatoms. The Morgan fingerprint density at radius 3 is 2.62 bits per heavy atom. The second-order valence-corrected chi connectivity index (χ2v) is 5.14. The largest absolute Gasteiger partial charge is 0.476 e. The van der Waals surface area contributed by atoms with Crippen molar-refractivity contribution in [2.45, 2.75) is 13.2 Å². The molecule has 0 aliphatic carbocycles. The first kappa shape index (κ1) is 19.0. The molecule has 26 heavy (non-hydrogen) atoms. The molecule has 1 amide bonds. The first-order chi connectivity index (χ1) is 12.4. The molecule has 1 aromatic carbocycles. The van der Waals surface area contributed by atoms with E-state index in [1.54, 1.807) is 12.1 Å². The standard InChI is InChI=1S/C16H15F2N3O5/c1-20(9-11-4-6-12(7-5-11)26-16(17)18)14(22)10-25-13-3-2-8-19-15(13)21(23)24/h2-8,16H,9-10H2,1H3. The summed E-state index contributed by atoms with van der Waals surface area (Å²) in [6, 6.07) is 8.65. The van der Waals surface area contributed by atoms with Gasteiger partial charge in [-0.3, -0.25) is 4.79 Å². The van der Waals surface area contributed by atoms with E-state index in [0.29, 0.717) is 5.56 Å². The van der Waals surface area contributed by atoms with Gasteiger partial charge in [0.2, 0.25) is 5.75 Å². The van der Waals surface area contributed by atoms with Crippen molar-refractivity contribution in [1.82, 2.24) is 9.88 Å². The number of amides is 1. The number of aromatic nitrogens is 1. The maximum absolute atomic E-state index is 12.1. The van der Waals surface area contributed by atoms with E-state index >= 15 is 0 Å². The summed E-state index contributed by atoms with van der Waals surface area (Å²) in [6.07, 6.45) is 1.25. The number of carbonyl (C=O) groups is 1. The average Bonchev–Trinajstić information content (AvgIpc) is 2.61. The lowest BCUT2D eigenvalue weighted by molar-refractivity contribution is -0.390. The normalized spacial score (nSPS) is 10.5. The molecule has 0 aliphatic rings. The lowest BCUT2D eigenvalue weighted by atomic mass is 10.2. The highest BCUT2D eigenvalue weighted by Crippen LogP contribution is 2.23. The number of alkyl halides is 2. The minimum Gasteiger partial charge on any atom is -0.476 e. The van der Waals surface area contributed by atoms with Crippen LogP contribution in [0.15, 0.2) is 42.6 Å². The fourth-order valence-electron chi connectivity index (χ4n) is 2.02. The van der Waals surface area contributed by atoms with E-state index in [1.807, 2.05) is 0 Å². The molecule has 0 saturated carbocycles. The van der Waals surface area contributed by atoms with Gasteiger partial charge in [-0.1, -0.05) is 12.1 Å². The first-order valence-corrected chi connectivity index (χ1v) is 7.36. The maximum Gasteiger partial charge on any atom is 0.406 e. The Morgan fingerprint density at radius 1 is 1.31 bits per heavy atom. The Bertz CT molecular complexity index is 771. The van der Waals surface area contributed by atoms with Crippen LogP contribution in [0.25, 0.3) is 0 Å². The molecule has 0 spiro atoms. The van der Waals surface area contributed by atoms with E-state index in [1.165, 1.54) is 42.4 Å². The van der Waals surface area contributed by atoms with Crippen LogP contribution in [-0.2, 0) is 11.3 Å². The summed E-state index contributed by atoms with van der Waals surface area (Å²) in [5, 5.41) is 10.8. The van der Waals surface area contributed by atoms with Crippen molar-refractivity contribution >= 4 is 11.7 Å². The number of ether oxygens (including phenoxy) is 2. The van der Waals surface area contributed by atoms with Crippen molar-refractivity contribution in [3.8, 4) is 11.5 Å². The first-order valence-electron chi connectivity index (χ1n) is 7.36. The summed E-state index contributed by atoms with van der Waals surface area (Å²) in [6.45, 7) is -3.11. The van der Waals surface area contributed by atoms with Crippen molar-refractivity contribution in [3.63, 3.8) is 0 Å². The van der Waals surface area contributed by atoms with Gasteiger partial charge in [-0.05, 0) is 39.7 Å². The minimum absolute atomic E-state index is 0.0185. The summed E-state index contributed by atoms with van der Waals surface area (Å²) in [5.41, 5.74) is 0.690. The van der Waals surface area contributed by atoms with Crippen LogP contribution < -0.4 is 9.47 Å². The minimum atomic E-state index is -2.90. The SMILES string of the molecule is CN(Cc1ccc(OC(F)F)cc1)C(=O)COc1cccnc1[N+](=O)[O-]. The zero-order valence-corrected chi connectivity index (χ0v) is 13.7. The molecule has 0 unspecified atom stereocenters. The number of halogens is 2. The quantitative estimate of drug-likeness (QED) is 0.526. The van der Waals surface area contributed by atoms with Crippen LogP contribution in [0.5, 0.6) is 11.5 Å². The Hall–Kier alpha value is -3.30. The molecule has 2 rings (SSSR count). The molecule has 1 heterocycles. The van der Waals surface area contributed by atoms with Crippen LogP contribution in [0.4, 0.5) is 14.6 Å². The topological polar surface area (TPSA) is 94.8 Å². The molecule has 0 N–H and O–H groups in total.